The third-order valence-electron chi connectivity index (χ3n) is 6.49. The summed E-state index contributed by atoms with van der Waals surface area (Å²) >= 11 is 5.32. The Morgan fingerprint density at radius 3 is 2.55 bits per heavy atom. The van der Waals surface area contributed by atoms with Crippen LogP contribution in [0.4, 0.5) is 11.4 Å². The highest BCUT2D eigenvalue weighted by molar-refractivity contribution is 7.80. The number of thiocarbonyl (C=S) groups is 1. The lowest BCUT2D eigenvalue weighted by Crippen LogP contribution is -2.54. The van der Waals surface area contributed by atoms with Crippen LogP contribution in [0.2, 0.25) is 0 Å². The van der Waals surface area contributed by atoms with E-state index >= 15 is 0 Å². The van der Waals surface area contributed by atoms with Gasteiger partial charge in [0, 0.05) is 17.3 Å². The molecule has 2 aliphatic heterocycles. The van der Waals surface area contributed by atoms with Crippen molar-refractivity contribution in [1.29, 1.82) is 0 Å². The first-order valence-corrected chi connectivity index (χ1v) is 11.8. The van der Waals surface area contributed by atoms with Gasteiger partial charge in [-0.1, -0.05) is 25.1 Å². The van der Waals surface area contributed by atoms with Crippen LogP contribution in [0.15, 0.2) is 48.0 Å². The molecular formula is C27H31N3O2S. The molecule has 0 aromatic heterocycles. The summed E-state index contributed by atoms with van der Waals surface area (Å²) in [6.45, 7) is 13.2. The number of hydrogen-bond acceptors (Lipinski definition) is 4. The molecule has 1 fully saturated rings. The summed E-state index contributed by atoms with van der Waals surface area (Å²) in [7, 11) is 0. The Labute approximate surface area is 201 Å². The molecule has 0 aliphatic carbocycles. The molecule has 0 radical (unpaired) electrons. The van der Waals surface area contributed by atoms with Crippen LogP contribution < -0.4 is 15.1 Å². The highest BCUT2D eigenvalue weighted by Gasteiger charge is 2.38. The fraction of sp³-hybridized carbons (Fsp3) is 0.370. The molecule has 0 saturated carbocycles. The van der Waals surface area contributed by atoms with Crippen molar-refractivity contribution in [3.63, 3.8) is 0 Å². The minimum Gasteiger partial charge on any atom is -0.364 e. The second-order valence-corrected chi connectivity index (χ2v) is 10.4. The van der Waals surface area contributed by atoms with Crippen molar-refractivity contribution in [3.05, 3.63) is 64.7 Å². The van der Waals surface area contributed by atoms with Crippen molar-refractivity contribution in [3.8, 4) is 0 Å². The number of nitrogens with one attached hydrogen (secondary N) is 1. The molecule has 2 aromatic rings. The van der Waals surface area contributed by atoms with E-state index in [9.17, 15) is 9.59 Å². The number of aryl methyl sites for hydroxylation is 1. The number of anilines is 2. The molecule has 1 N–H and O–H groups in total. The van der Waals surface area contributed by atoms with Crippen LogP contribution in [0.3, 0.4) is 0 Å². The molecule has 1 atom stereocenters. The molecule has 5 nitrogen and oxygen atoms in total. The van der Waals surface area contributed by atoms with Gasteiger partial charge in [0.2, 0.25) is 0 Å². The van der Waals surface area contributed by atoms with Gasteiger partial charge in [-0.25, -0.2) is 0 Å². The molecule has 0 bridgehead atoms. The van der Waals surface area contributed by atoms with E-state index < -0.39 is 11.8 Å². The Hall–Kier alpha value is -2.99. The van der Waals surface area contributed by atoms with E-state index in [1.807, 2.05) is 37.3 Å². The van der Waals surface area contributed by atoms with Crippen molar-refractivity contribution < 1.29 is 9.59 Å². The predicted molar refractivity (Wildman–Crippen MR) is 139 cm³/mol. The van der Waals surface area contributed by atoms with E-state index in [0.717, 1.165) is 17.5 Å². The van der Waals surface area contributed by atoms with Gasteiger partial charge >= 0.3 is 0 Å². The normalized spacial score (nSPS) is 21.5. The Kier molecular flexibility index (Phi) is 5.91. The fourth-order valence-electron chi connectivity index (χ4n) is 5.36. The van der Waals surface area contributed by atoms with E-state index in [1.165, 1.54) is 16.2 Å². The molecule has 2 amide bonds. The Morgan fingerprint density at radius 2 is 1.88 bits per heavy atom. The Bertz CT molecular complexity index is 1180. The van der Waals surface area contributed by atoms with Gasteiger partial charge < -0.3 is 4.90 Å². The van der Waals surface area contributed by atoms with Crippen LogP contribution >= 0.6 is 12.2 Å². The van der Waals surface area contributed by atoms with E-state index in [0.29, 0.717) is 17.6 Å². The largest absolute Gasteiger partial charge is 0.364 e. The van der Waals surface area contributed by atoms with Crippen LogP contribution in [-0.2, 0) is 9.59 Å². The number of fused-ring (bicyclic) bond motifs is 1. The number of amides is 2. The quantitative estimate of drug-likeness (QED) is 0.382. The van der Waals surface area contributed by atoms with Crippen LogP contribution in [0.5, 0.6) is 0 Å². The van der Waals surface area contributed by atoms with Gasteiger partial charge in [-0.15, -0.1) is 0 Å². The maximum Gasteiger partial charge on any atom is 0.270 e. The molecule has 4 rings (SSSR count). The van der Waals surface area contributed by atoms with E-state index in [4.69, 9.17) is 12.2 Å². The second kappa shape index (κ2) is 8.41. The molecule has 6 heteroatoms. The van der Waals surface area contributed by atoms with Crippen molar-refractivity contribution in [1.82, 2.24) is 5.32 Å². The maximum absolute atomic E-state index is 13.3. The summed E-state index contributed by atoms with van der Waals surface area (Å²) in [5, 5.41) is 2.77. The standard InChI is InChI=1S/C27H31N3O2S/c1-16(2)30-23-11-10-19(13-21(23)18(4)15-27(30,5)6)14-22-24(31)28-26(33)29(25(22)32)20-9-7-8-17(3)12-20/h7-14,16,18H,15H2,1-6H3,(H,28,31,33)/b22-14+. The zero-order chi connectivity index (χ0) is 24.1. The first-order valence-electron chi connectivity index (χ1n) is 11.4. The number of rotatable bonds is 3. The SMILES string of the molecule is Cc1cccc(N2C(=O)/C(=C/c3ccc4c(c3)C(C)CC(C)(C)N4C(C)C)C(=O)NC2=S)c1. The van der Waals surface area contributed by atoms with E-state index in [-0.39, 0.29) is 16.2 Å². The first-order chi connectivity index (χ1) is 15.5. The second-order valence-electron chi connectivity index (χ2n) is 10.00. The Morgan fingerprint density at radius 1 is 1.15 bits per heavy atom. The summed E-state index contributed by atoms with van der Waals surface area (Å²) in [5.74, 6) is -0.509. The molecule has 2 aliphatic rings. The number of carbonyl (C=O) groups is 2. The monoisotopic (exact) mass is 461 g/mol. The average Bonchev–Trinajstić information content (AvgIpc) is 2.70. The third kappa shape index (κ3) is 4.20. The number of hydrogen-bond donors (Lipinski definition) is 1. The van der Waals surface area contributed by atoms with Crippen LogP contribution in [0.1, 0.15) is 63.6 Å². The lowest BCUT2D eigenvalue weighted by molar-refractivity contribution is -0.122. The zero-order valence-corrected chi connectivity index (χ0v) is 20.9. The Balaban J connectivity index is 1.74. The molecular weight excluding hydrogens is 430 g/mol. The molecule has 172 valence electrons. The molecule has 1 saturated heterocycles. The number of benzene rings is 2. The highest BCUT2D eigenvalue weighted by Crippen LogP contribution is 2.44. The predicted octanol–water partition coefficient (Wildman–Crippen LogP) is 5.33. The van der Waals surface area contributed by atoms with Crippen molar-refractivity contribution in [2.45, 2.75) is 65.5 Å². The van der Waals surface area contributed by atoms with Crippen molar-refractivity contribution in [2.24, 2.45) is 0 Å². The lowest BCUT2D eigenvalue weighted by Gasteiger charge is -2.50. The van der Waals surface area contributed by atoms with Crippen molar-refractivity contribution in [2.75, 3.05) is 9.80 Å². The topological polar surface area (TPSA) is 52.7 Å². The smallest absolute Gasteiger partial charge is 0.270 e. The lowest BCUT2D eigenvalue weighted by atomic mass is 9.78. The van der Waals surface area contributed by atoms with Gasteiger partial charge in [0.25, 0.3) is 11.8 Å². The van der Waals surface area contributed by atoms with E-state index in [2.05, 4.69) is 57.0 Å². The number of nitrogens with zero attached hydrogens (tertiary/aromatic N) is 2. The zero-order valence-electron chi connectivity index (χ0n) is 20.1. The molecule has 2 aromatic carbocycles. The van der Waals surface area contributed by atoms with Gasteiger partial charge in [0.05, 0.1) is 5.69 Å². The van der Waals surface area contributed by atoms with E-state index in [1.54, 1.807) is 6.08 Å². The summed E-state index contributed by atoms with van der Waals surface area (Å²) in [5.41, 5.74) is 5.08. The van der Waals surface area contributed by atoms with Gasteiger partial charge in [-0.3, -0.25) is 19.8 Å². The van der Waals surface area contributed by atoms with Crippen LogP contribution in [0.25, 0.3) is 6.08 Å². The summed E-state index contributed by atoms with van der Waals surface area (Å²) in [4.78, 5) is 29.9. The molecule has 33 heavy (non-hydrogen) atoms. The van der Waals surface area contributed by atoms with Gasteiger partial charge in [-0.05, 0) is 106 Å². The average molecular weight is 462 g/mol. The van der Waals surface area contributed by atoms with Gasteiger partial charge in [-0.2, -0.15) is 0 Å². The summed E-state index contributed by atoms with van der Waals surface area (Å²) in [6.07, 6.45) is 2.71. The van der Waals surface area contributed by atoms with Crippen LogP contribution in [-0.4, -0.2) is 28.5 Å². The van der Waals surface area contributed by atoms with Crippen LogP contribution in [0, 0.1) is 6.92 Å². The van der Waals surface area contributed by atoms with Crippen molar-refractivity contribution >= 4 is 46.6 Å². The molecule has 2 heterocycles. The highest BCUT2D eigenvalue weighted by atomic mass is 32.1. The minimum atomic E-state index is -0.468. The minimum absolute atomic E-state index is 0.0593. The van der Waals surface area contributed by atoms with Gasteiger partial charge in [0.15, 0.2) is 5.11 Å². The molecule has 0 spiro atoms. The first kappa shape index (κ1) is 23.2. The fourth-order valence-corrected chi connectivity index (χ4v) is 5.64. The number of carbonyl (C=O) groups excluding carboxylic acids is 2. The molecule has 1 unspecified atom stereocenters. The maximum atomic E-state index is 13.3. The summed E-state index contributed by atoms with van der Waals surface area (Å²) in [6, 6.07) is 14.1. The summed E-state index contributed by atoms with van der Waals surface area (Å²) < 4.78 is 0. The van der Waals surface area contributed by atoms with Gasteiger partial charge in [0.1, 0.15) is 5.57 Å². The third-order valence-corrected chi connectivity index (χ3v) is 6.77.